The highest BCUT2D eigenvalue weighted by Crippen LogP contribution is 2.16. The molecule has 0 spiro atoms. The van der Waals surface area contributed by atoms with E-state index in [1.54, 1.807) is 24.3 Å². The van der Waals surface area contributed by atoms with E-state index >= 15 is 0 Å². The van der Waals surface area contributed by atoms with Gasteiger partial charge in [0.1, 0.15) is 0 Å². The van der Waals surface area contributed by atoms with Gasteiger partial charge < -0.3 is 5.32 Å². The van der Waals surface area contributed by atoms with E-state index in [1.807, 2.05) is 0 Å². The predicted molar refractivity (Wildman–Crippen MR) is 75.1 cm³/mol. The molecule has 2 nitrogen and oxygen atoms in total. The SMILES string of the molecule is O=C(Nc1ccc(CCCl)cc1)c1cc(F)c(F)c(F)c1. The molecule has 0 aromatic heterocycles. The Balaban J connectivity index is 2.14. The summed E-state index contributed by atoms with van der Waals surface area (Å²) in [6.45, 7) is 0. The lowest BCUT2D eigenvalue weighted by atomic mass is 10.1. The van der Waals surface area contributed by atoms with Gasteiger partial charge in [0.05, 0.1) is 0 Å². The molecule has 2 rings (SSSR count). The van der Waals surface area contributed by atoms with E-state index in [2.05, 4.69) is 5.32 Å². The lowest BCUT2D eigenvalue weighted by molar-refractivity contribution is 0.102. The van der Waals surface area contributed by atoms with Crippen LogP contribution in [-0.4, -0.2) is 11.8 Å². The average Bonchev–Trinajstić information content (AvgIpc) is 2.46. The van der Waals surface area contributed by atoms with E-state index in [1.165, 1.54) is 0 Å². The third kappa shape index (κ3) is 3.76. The number of carbonyl (C=O) groups is 1. The number of hydrogen-bond donors (Lipinski definition) is 1. The van der Waals surface area contributed by atoms with Gasteiger partial charge in [-0.1, -0.05) is 12.1 Å². The molecular weight excluding hydrogens is 303 g/mol. The summed E-state index contributed by atoms with van der Waals surface area (Å²) in [5.41, 5.74) is 1.17. The van der Waals surface area contributed by atoms with E-state index in [4.69, 9.17) is 11.6 Å². The Morgan fingerprint density at radius 2 is 1.62 bits per heavy atom. The Labute approximate surface area is 124 Å². The summed E-state index contributed by atoms with van der Waals surface area (Å²) in [5, 5.41) is 2.47. The molecule has 0 unspecified atom stereocenters. The lowest BCUT2D eigenvalue weighted by Gasteiger charge is -2.07. The van der Waals surface area contributed by atoms with Crippen LogP contribution in [0.3, 0.4) is 0 Å². The zero-order chi connectivity index (χ0) is 15.4. The molecule has 110 valence electrons. The van der Waals surface area contributed by atoms with Crippen molar-refractivity contribution >= 4 is 23.2 Å². The van der Waals surface area contributed by atoms with Crippen molar-refractivity contribution in [1.29, 1.82) is 0 Å². The first-order chi connectivity index (χ1) is 10.0. The molecule has 0 saturated carbocycles. The highest BCUT2D eigenvalue weighted by Gasteiger charge is 2.15. The summed E-state index contributed by atoms with van der Waals surface area (Å²) in [4.78, 5) is 11.9. The first-order valence-electron chi connectivity index (χ1n) is 6.12. The number of amides is 1. The Kier molecular flexibility index (Phi) is 4.85. The van der Waals surface area contributed by atoms with Crippen molar-refractivity contribution in [2.75, 3.05) is 11.2 Å². The minimum absolute atomic E-state index is 0.295. The molecule has 1 N–H and O–H groups in total. The van der Waals surface area contributed by atoms with Crippen LogP contribution in [0, 0.1) is 17.5 Å². The number of benzene rings is 2. The van der Waals surface area contributed by atoms with Crippen LogP contribution in [0.5, 0.6) is 0 Å². The number of anilines is 1. The standard InChI is InChI=1S/C15H11ClF3NO/c16-6-5-9-1-3-11(4-2-9)20-15(21)10-7-12(17)14(19)13(18)8-10/h1-4,7-8H,5-6H2,(H,20,21). The van der Waals surface area contributed by atoms with Gasteiger partial charge in [0.25, 0.3) is 5.91 Å². The van der Waals surface area contributed by atoms with Crippen molar-refractivity contribution < 1.29 is 18.0 Å². The molecule has 0 aliphatic heterocycles. The minimum atomic E-state index is -1.60. The predicted octanol–water partition coefficient (Wildman–Crippen LogP) is 4.14. The number of hydrogen-bond acceptors (Lipinski definition) is 1. The summed E-state index contributed by atoms with van der Waals surface area (Å²) in [5.74, 6) is -4.65. The third-order valence-corrected chi connectivity index (χ3v) is 3.03. The van der Waals surface area contributed by atoms with Gasteiger partial charge in [-0.15, -0.1) is 11.6 Å². The second kappa shape index (κ2) is 6.63. The first kappa shape index (κ1) is 15.4. The van der Waals surface area contributed by atoms with Crippen molar-refractivity contribution in [2.45, 2.75) is 6.42 Å². The summed E-state index contributed by atoms with van der Waals surface area (Å²) >= 11 is 5.61. The molecule has 1 amide bonds. The maximum atomic E-state index is 13.1. The topological polar surface area (TPSA) is 29.1 Å². The summed E-state index contributed by atoms with van der Waals surface area (Å²) in [6, 6.07) is 8.16. The fourth-order valence-corrected chi connectivity index (χ4v) is 1.97. The largest absolute Gasteiger partial charge is 0.322 e. The van der Waals surface area contributed by atoms with Crippen LogP contribution in [0.15, 0.2) is 36.4 Å². The molecule has 0 bridgehead atoms. The molecule has 0 saturated heterocycles. The van der Waals surface area contributed by atoms with Crippen molar-refractivity contribution in [3.05, 3.63) is 65.0 Å². The molecule has 0 aliphatic carbocycles. The second-order valence-electron chi connectivity index (χ2n) is 4.34. The fraction of sp³-hybridized carbons (Fsp3) is 0.133. The summed E-state index contributed by atoms with van der Waals surface area (Å²) in [6.07, 6.45) is 0.699. The van der Waals surface area contributed by atoms with Gasteiger partial charge in [0, 0.05) is 17.1 Å². The van der Waals surface area contributed by atoms with Gasteiger partial charge in [-0.3, -0.25) is 4.79 Å². The monoisotopic (exact) mass is 313 g/mol. The number of halogens is 4. The number of aryl methyl sites for hydroxylation is 1. The van der Waals surface area contributed by atoms with E-state index in [-0.39, 0.29) is 5.56 Å². The molecule has 0 radical (unpaired) electrons. The van der Waals surface area contributed by atoms with Gasteiger partial charge in [-0.2, -0.15) is 0 Å². The molecular formula is C15H11ClF3NO. The van der Waals surface area contributed by atoms with Crippen LogP contribution >= 0.6 is 11.6 Å². The maximum Gasteiger partial charge on any atom is 0.255 e. The van der Waals surface area contributed by atoms with Crippen molar-refractivity contribution in [3.63, 3.8) is 0 Å². The Hall–Kier alpha value is -2.01. The zero-order valence-electron chi connectivity index (χ0n) is 10.8. The Bertz CT molecular complexity index is 635. The smallest absolute Gasteiger partial charge is 0.255 e. The van der Waals surface area contributed by atoms with Crippen LogP contribution < -0.4 is 5.32 Å². The van der Waals surface area contributed by atoms with Gasteiger partial charge in [-0.25, -0.2) is 13.2 Å². The van der Waals surface area contributed by atoms with Gasteiger partial charge in [0.15, 0.2) is 17.5 Å². The molecule has 0 atom stereocenters. The molecule has 2 aromatic rings. The first-order valence-corrected chi connectivity index (χ1v) is 6.65. The lowest BCUT2D eigenvalue weighted by Crippen LogP contribution is -2.13. The van der Waals surface area contributed by atoms with Gasteiger partial charge >= 0.3 is 0 Å². The van der Waals surface area contributed by atoms with Crippen LogP contribution in [0.2, 0.25) is 0 Å². The Morgan fingerprint density at radius 1 is 1.05 bits per heavy atom. The second-order valence-corrected chi connectivity index (χ2v) is 4.72. The average molecular weight is 314 g/mol. The Morgan fingerprint density at radius 3 is 2.14 bits per heavy atom. The highest BCUT2D eigenvalue weighted by atomic mass is 35.5. The van der Waals surface area contributed by atoms with Crippen LogP contribution in [0.1, 0.15) is 15.9 Å². The highest BCUT2D eigenvalue weighted by molar-refractivity contribution is 6.18. The number of carbonyl (C=O) groups excluding carboxylic acids is 1. The number of nitrogens with one attached hydrogen (secondary N) is 1. The van der Waals surface area contributed by atoms with E-state index in [9.17, 15) is 18.0 Å². The normalized spacial score (nSPS) is 10.5. The van der Waals surface area contributed by atoms with Crippen molar-refractivity contribution in [3.8, 4) is 0 Å². The molecule has 6 heteroatoms. The van der Waals surface area contributed by atoms with Crippen LogP contribution in [0.4, 0.5) is 18.9 Å². The minimum Gasteiger partial charge on any atom is -0.322 e. The molecule has 2 aromatic carbocycles. The molecule has 0 fully saturated rings. The van der Waals surface area contributed by atoms with E-state index in [0.717, 1.165) is 5.56 Å². The van der Waals surface area contributed by atoms with Gasteiger partial charge in [0.2, 0.25) is 0 Å². The van der Waals surface area contributed by atoms with Crippen LogP contribution in [0.25, 0.3) is 0 Å². The van der Waals surface area contributed by atoms with E-state index < -0.39 is 23.4 Å². The molecule has 21 heavy (non-hydrogen) atoms. The fourth-order valence-electron chi connectivity index (χ4n) is 1.75. The quantitative estimate of drug-likeness (QED) is 0.667. The third-order valence-electron chi connectivity index (χ3n) is 2.84. The summed E-state index contributed by atoms with van der Waals surface area (Å²) in [7, 11) is 0. The maximum absolute atomic E-state index is 13.1. The molecule has 0 aliphatic rings. The number of rotatable bonds is 4. The zero-order valence-corrected chi connectivity index (χ0v) is 11.6. The van der Waals surface area contributed by atoms with Crippen LogP contribution in [-0.2, 0) is 6.42 Å². The van der Waals surface area contributed by atoms with Crippen molar-refractivity contribution in [1.82, 2.24) is 0 Å². The van der Waals surface area contributed by atoms with Crippen molar-refractivity contribution in [2.24, 2.45) is 0 Å². The molecule has 0 heterocycles. The number of alkyl halides is 1. The summed E-state index contributed by atoms with van der Waals surface area (Å²) < 4.78 is 39.0. The van der Waals surface area contributed by atoms with E-state index in [0.29, 0.717) is 30.1 Å². The van der Waals surface area contributed by atoms with Gasteiger partial charge in [-0.05, 0) is 36.2 Å².